The van der Waals surface area contributed by atoms with E-state index in [1.54, 1.807) is 0 Å². The molecule has 0 bridgehead atoms. The van der Waals surface area contributed by atoms with Crippen LogP contribution in [0.2, 0.25) is 0 Å². The molecule has 0 aliphatic heterocycles. The third-order valence-electron chi connectivity index (χ3n) is 1.92. The normalized spacial score (nSPS) is 10.0. The van der Waals surface area contributed by atoms with Crippen LogP contribution in [0.25, 0.3) is 0 Å². The van der Waals surface area contributed by atoms with Crippen molar-refractivity contribution in [2.24, 2.45) is 0 Å². The molecule has 0 saturated carbocycles. The highest BCUT2D eigenvalue weighted by Crippen LogP contribution is 2.27. The molecule has 1 aromatic rings. The van der Waals surface area contributed by atoms with Crippen LogP contribution < -0.4 is 17.2 Å². The summed E-state index contributed by atoms with van der Waals surface area (Å²) in [4.78, 5) is 0. The maximum Gasteiger partial charge on any atom is 0.0600 e. The first-order valence-electron chi connectivity index (χ1n) is 3.44. The van der Waals surface area contributed by atoms with E-state index in [9.17, 15) is 0 Å². The van der Waals surface area contributed by atoms with E-state index >= 15 is 0 Å². The third kappa shape index (κ3) is 1.09. The molecule has 0 radical (unpaired) electrons. The van der Waals surface area contributed by atoms with Crippen LogP contribution in [0.3, 0.4) is 0 Å². The fourth-order valence-electron chi connectivity index (χ4n) is 0.989. The number of nitrogens with two attached hydrogens (primary N) is 3. The van der Waals surface area contributed by atoms with Crippen molar-refractivity contribution in [3.8, 4) is 0 Å². The molecular formula is C8H13N3. The molecular weight excluding hydrogens is 138 g/mol. The SMILES string of the molecule is Cc1cc(N)c(C)c(N)c1N. The Labute approximate surface area is 66.2 Å². The molecule has 0 unspecified atom stereocenters. The first kappa shape index (κ1) is 7.72. The monoisotopic (exact) mass is 151 g/mol. The van der Waals surface area contributed by atoms with Crippen molar-refractivity contribution < 1.29 is 0 Å². The van der Waals surface area contributed by atoms with E-state index in [2.05, 4.69) is 0 Å². The Morgan fingerprint density at radius 2 is 1.55 bits per heavy atom. The van der Waals surface area contributed by atoms with Gasteiger partial charge in [-0.25, -0.2) is 0 Å². The number of aryl methyl sites for hydroxylation is 1. The zero-order valence-electron chi connectivity index (χ0n) is 6.81. The summed E-state index contributed by atoms with van der Waals surface area (Å²) in [5, 5.41) is 0. The Kier molecular flexibility index (Phi) is 1.64. The number of hydrogen-bond acceptors (Lipinski definition) is 3. The van der Waals surface area contributed by atoms with E-state index in [0.29, 0.717) is 17.1 Å². The van der Waals surface area contributed by atoms with Gasteiger partial charge in [0, 0.05) is 5.69 Å². The van der Waals surface area contributed by atoms with Gasteiger partial charge in [-0.1, -0.05) is 0 Å². The van der Waals surface area contributed by atoms with Crippen LogP contribution in [0.15, 0.2) is 6.07 Å². The van der Waals surface area contributed by atoms with E-state index in [1.807, 2.05) is 19.9 Å². The summed E-state index contributed by atoms with van der Waals surface area (Å²) < 4.78 is 0. The second-order valence-electron chi connectivity index (χ2n) is 2.74. The Bertz CT molecular complexity index is 266. The van der Waals surface area contributed by atoms with Gasteiger partial charge < -0.3 is 17.2 Å². The Morgan fingerprint density at radius 3 is 2.09 bits per heavy atom. The molecule has 3 heteroatoms. The van der Waals surface area contributed by atoms with Gasteiger partial charge in [-0.15, -0.1) is 0 Å². The standard InChI is InChI=1S/C8H13N3/c1-4-3-6(9)5(2)8(11)7(4)10/h3H,9-11H2,1-2H3. The molecule has 0 saturated heterocycles. The number of benzene rings is 1. The van der Waals surface area contributed by atoms with Gasteiger partial charge >= 0.3 is 0 Å². The molecule has 0 heterocycles. The maximum absolute atomic E-state index is 5.68. The van der Waals surface area contributed by atoms with Crippen LogP contribution in [0.4, 0.5) is 17.1 Å². The van der Waals surface area contributed by atoms with Crippen LogP contribution in [-0.2, 0) is 0 Å². The lowest BCUT2D eigenvalue weighted by Gasteiger charge is -2.09. The molecule has 0 fully saturated rings. The van der Waals surface area contributed by atoms with Crippen LogP contribution in [0.1, 0.15) is 11.1 Å². The molecule has 0 amide bonds. The van der Waals surface area contributed by atoms with E-state index in [1.165, 1.54) is 0 Å². The van der Waals surface area contributed by atoms with Gasteiger partial charge in [-0.2, -0.15) is 0 Å². The molecule has 6 N–H and O–H groups in total. The summed E-state index contributed by atoms with van der Waals surface area (Å²) >= 11 is 0. The number of anilines is 3. The quantitative estimate of drug-likeness (QED) is 0.485. The lowest BCUT2D eigenvalue weighted by Crippen LogP contribution is -2.02. The Morgan fingerprint density at radius 1 is 1.00 bits per heavy atom. The molecule has 0 atom stereocenters. The van der Waals surface area contributed by atoms with E-state index in [4.69, 9.17) is 17.2 Å². The highest BCUT2D eigenvalue weighted by Gasteiger charge is 2.04. The largest absolute Gasteiger partial charge is 0.398 e. The highest BCUT2D eigenvalue weighted by atomic mass is 14.7. The van der Waals surface area contributed by atoms with Crippen molar-refractivity contribution in [3.63, 3.8) is 0 Å². The topological polar surface area (TPSA) is 78.1 Å². The Balaban J connectivity index is 3.46. The lowest BCUT2D eigenvalue weighted by atomic mass is 10.1. The minimum Gasteiger partial charge on any atom is -0.398 e. The highest BCUT2D eigenvalue weighted by molar-refractivity contribution is 5.77. The number of hydrogen-bond donors (Lipinski definition) is 3. The zero-order valence-corrected chi connectivity index (χ0v) is 6.81. The Hall–Kier alpha value is -1.38. The first-order valence-corrected chi connectivity index (χ1v) is 3.44. The fraction of sp³-hybridized carbons (Fsp3) is 0.250. The molecule has 0 aromatic heterocycles. The minimum absolute atomic E-state index is 0.600. The van der Waals surface area contributed by atoms with Crippen molar-refractivity contribution in [3.05, 3.63) is 17.2 Å². The maximum atomic E-state index is 5.68. The van der Waals surface area contributed by atoms with E-state index in [-0.39, 0.29) is 0 Å². The van der Waals surface area contributed by atoms with Gasteiger partial charge in [0.2, 0.25) is 0 Å². The first-order chi connectivity index (χ1) is 5.04. The molecule has 3 nitrogen and oxygen atoms in total. The summed E-state index contributed by atoms with van der Waals surface area (Å²) in [5.74, 6) is 0. The lowest BCUT2D eigenvalue weighted by molar-refractivity contribution is 1.40. The van der Waals surface area contributed by atoms with Crippen molar-refractivity contribution in [2.75, 3.05) is 17.2 Å². The van der Waals surface area contributed by atoms with Crippen molar-refractivity contribution in [1.29, 1.82) is 0 Å². The molecule has 1 rings (SSSR count). The van der Waals surface area contributed by atoms with Crippen molar-refractivity contribution in [2.45, 2.75) is 13.8 Å². The summed E-state index contributed by atoms with van der Waals surface area (Å²) in [6, 6.07) is 1.83. The predicted octanol–water partition coefficient (Wildman–Crippen LogP) is 1.05. The second kappa shape index (κ2) is 2.34. The van der Waals surface area contributed by atoms with Crippen LogP contribution >= 0.6 is 0 Å². The van der Waals surface area contributed by atoms with Gasteiger partial charge in [0.05, 0.1) is 11.4 Å². The summed E-state index contributed by atoms with van der Waals surface area (Å²) in [7, 11) is 0. The van der Waals surface area contributed by atoms with Gasteiger partial charge in [0.1, 0.15) is 0 Å². The minimum atomic E-state index is 0.600. The van der Waals surface area contributed by atoms with Gasteiger partial charge in [-0.3, -0.25) is 0 Å². The molecule has 1 aromatic carbocycles. The molecule has 0 aliphatic rings. The zero-order chi connectivity index (χ0) is 8.59. The predicted molar refractivity (Wildman–Crippen MR) is 49.2 cm³/mol. The molecule has 0 aliphatic carbocycles. The van der Waals surface area contributed by atoms with Crippen LogP contribution in [0.5, 0.6) is 0 Å². The van der Waals surface area contributed by atoms with Crippen molar-refractivity contribution >= 4 is 17.1 Å². The summed E-state index contributed by atoms with van der Waals surface area (Å²) in [6.45, 7) is 3.75. The number of rotatable bonds is 0. The van der Waals surface area contributed by atoms with Crippen LogP contribution in [-0.4, -0.2) is 0 Å². The average Bonchev–Trinajstić information content (AvgIpc) is 1.97. The van der Waals surface area contributed by atoms with E-state index < -0.39 is 0 Å². The number of nitrogen functional groups attached to an aromatic ring is 3. The van der Waals surface area contributed by atoms with Gasteiger partial charge in [0.15, 0.2) is 0 Å². The fourth-order valence-corrected chi connectivity index (χ4v) is 0.989. The molecule has 11 heavy (non-hydrogen) atoms. The van der Waals surface area contributed by atoms with Gasteiger partial charge in [-0.05, 0) is 31.0 Å². The second-order valence-corrected chi connectivity index (χ2v) is 2.74. The summed E-state index contributed by atoms with van der Waals surface area (Å²) in [5.41, 5.74) is 20.7. The smallest absolute Gasteiger partial charge is 0.0600 e. The third-order valence-corrected chi connectivity index (χ3v) is 1.92. The summed E-state index contributed by atoms with van der Waals surface area (Å²) in [6.07, 6.45) is 0. The van der Waals surface area contributed by atoms with Gasteiger partial charge in [0.25, 0.3) is 0 Å². The average molecular weight is 151 g/mol. The van der Waals surface area contributed by atoms with Crippen molar-refractivity contribution in [1.82, 2.24) is 0 Å². The van der Waals surface area contributed by atoms with Crippen LogP contribution in [0, 0.1) is 13.8 Å². The van der Waals surface area contributed by atoms with E-state index in [0.717, 1.165) is 11.1 Å². The molecule has 60 valence electrons. The molecule has 0 spiro atoms.